The van der Waals surface area contributed by atoms with E-state index in [-0.39, 0.29) is 5.43 Å². The molecule has 2 aromatic carbocycles. The highest BCUT2D eigenvalue weighted by Crippen LogP contribution is 2.33. The lowest BCUT2D eigenvalue weighted by Crippen LogP contribution is -2.46. The van der Waals surface area contributed by atoms with Crippen LogP contribution < -0.4 is 15.1 Å². The maximum atomic E-state index is 12.9. The van der Waals surface area contributed by atoms with E-state index >= 15 is 0 Å². The van der Waals surface area contributed by atoms with Gasteiger partial charge in [0.25, 0.3) is 0 Å². The number of hydrogen-bond donors (Lipinski definition) is 0. The Morgan fingerprint density at radius 1 is 0.868 bits per heavy atom. The molecule has 2 aliphatic rings. The molecule has 4 rings (SSSR count). The smallest absolute Gasteiger partial charge is 0.494 e. The van der Waals surface area contributed by atoms with Gasteiger partial charge in [0.05, 0.1) is 6.61 Å². The Balaban J connectivity index is 1.60. The molecule has 0 radical (unpaired) electrons. The summed E-state index contributed by atoms with van der Waals surface area (Å²) in [4.78, 5) is 20.0. The van der Waals surface area contributed by atoms with E-state index in [0.29, 0.717) is 66.0 Å². The summed E-state index contributed by atoms with van der Waals surface area (Å²) in [5, 5.41) is 1.30. The van der Waals surface area contributed by atoms with Gasteiger partial charge in [-0.25, -0.2) is 4.98 Å². The van der Waals surface area contributed by atoms with Crippen molar-refractivity contribution in [2.75, 3.05) is 44.4 Å². The first-order valence-corrected chi connectivity index (χ1v) is 15.5. The van der Waals surface area contributed by atoms with Crippen LogP contribution in [-0.4, -0.2) is 53.3 Å². The summed E-state index contributed by atoms with van der Waals surface area (Å²) in [6.45, 7) is 14.0. The largest absolute Gasteiger partial charge is 0.501 e. The van der Waals surface area contributed by atoms with Crippen LogP contribution in [0.3, 0.4) is 0 Å². The fourth-order valence-corrected chi connectivity index (χ4v) is 7.38. The zero-order chi connectivity index (χ0) is 27.1. The van der Waals surface area contributed by atoms with E-state index in [9.17, 15) is 4.79 Å². The van der Waals surface area contributed by atoms with Gasteiger partial charge < -0.3 is 27.3 Å². The zero-order valence-corrected chi connectivity index (χ0v) is 24.0. The number of fused-ring (bicyclic) bond motifs is 4. The second-order valence-corrected chi connectivity index (χ2v) is 11.6. The van der Waals surface area contributed by atoms with E-state index < -0.39 is 8.80 Å². The molecule has 204 valence electrons. The Morgan fingerprint density at radius 3 is 2.24 bits per heavy atom. The van der Waals surface area contributed by atoms with Gasteiger partial charge >= 0.3 is 8.80 Å². The number of ether oxygens (including phenoxy) is 1. The molecule has 0 unspecified atom stereocenters. The average Bonchev–Trinajstić information content (AvgIpc) is 2.91. The summed E-state index contributed by atoms with van der Waals surface area (Å²) < 4.78 is 30.1. The van der Waals surface area contributed by atoms with E-state index in [2.05, 4.69) is 24.8 Å². The average molecular weight is 539 g/mol. The minimum atomic E-state index is -2.71. The quantitative estimate of drug-likeness (QED) is 0.0823. The van der Waals surface area contributed by atoms with Crippen LogP contribution in [0.4, 0.5) is 5.69 Å². The lowest BCUT2D eigenvalue weighted by atomic mass is 10.0. The molecule has 0 saturated heterocycles. The third kappa shape index (κ3) is 6.01. The number of benzene rings is 3. The molecule has 2 aromatic rings. The molecule has 0 bridgehead atoms. The Kier molecular flexibility index (Phi) is 9.38. The minimum absolute atomic E-state index is 0.107. The monoisotopic (exact) mass is 538 g/mol. The van der Waals surface area contributed by atoms with Crippen LogP contribution in [0, 0.1) is 0 Å². The van der Waals surface area contributed by atoms with Gasteiger partial charge in [0.15, 0.2) is 16.8 Å². The summed E-state index contributed by atoms with van der Waals surface area (Å²) in [6, 6.07) is 13.7. The van der Waals surface area contributed by atoms with Gasteiger partial charge in [0.2, 0.25) is 0 Å². The molecule has 0 spiro atoms. The number of hydrogen-bond acceptors (Lipinski definition) is 8. The first kappa shape index (κ1) is 28.0. The highest BCUT2D eigenvalue weighted by Gasteiger charge is 2.39. The summed E-state index contributed by atoms with van der Waals surface area (Å²) in [6.07, 6.45) is 0.722. The number of aromatic nitrogens is 1. The normalized spacial score (nSPS) is 12.0. The lowest BCUT2D eigenvalue weighted by Gasteiger charge is -2.28. The topological polar surface area (TPSA) is 83.3 Å². The Bertz CT molecular complexity index is 1370. The van der Waals surface area contributed by atoms with Crippen molar-refractivity contribution in [3.63, 3.8) is 0 Å². The van der Waals surface area contributed by atoms with E-state index in [0.717, 1.165) is 30.7 Å². The molecule has 1 aliphatic carbocycles. The molecule has 8 nitrogen and oxygen atoms in total. The molecule has 1 aliphatic heterocycles. The van der Waals surface area contributed by atoms with Crippen LogP contribution in [0.2, 0.25) is 6.04 Å². The van der Waals surface area contributed by atoms with Crippen LogP contribution in [0.15, 0.2) is 51.7 Å². The molecule has 0 fully saturated rings. The Hall–Kier alpha value is -2.98. The third-order valence-electron chi connectivity index (χ3n) is 6.52. The van der Waals surface area contributed by atoms with Gasteiger partial charge in [0, 0.05) is 67.5 Å². The zero-order valence-electron chi connectivity index (χ0n) is 23.0. The van der Waals surface area contributed by atoms with Crippen LogP contribution in [0.25, 0.3) is 33.3 Å². The van der Waals surface area contributed by atoms with Crippen molar-refractivity contribution in [2.24, 2.45) is 0 Å². The molecule has 0 aromatic heterocycles. The van der Waals surface area contributed by atoms with Crippen molar-refractivity contribution in [3.8, 4) is 17.2 Å². The van der Waals surface area contributed by atoms with Crippen molar-refractivity contribution in [1.29, 1.82) is 0 Å². The summed E-state index contributed by atoms with van der Waals surface area (Å²) in [7, 11) is -2.71. The number of nitrogens with zero attached hydrogens (tertiary/aromatic N) is 2. The fraction of sp³-hybridized carbons (Fsp3) is 0.448. The van der Waals surface area contributed by atoms with Crippen molar-refractivity contribution in [2.45, 2.75) is 47.1 Å². The van der Waals surface area contributed by atoms with Gasteiger partial charge in [0.1, 0.15) is 17.0 Å². The first-order chi connectivity index (χ1) is 18.5. The number of rotatable bonds is 14. The van der Waals surface area contributed by atoms with E-state index in [4.69, 9.17) is 27.4 Å². The van der Waals surface area contributed by atoms with Crippen LogP contribution >= 0.6 is 0 Å². The van der Waals surface area contributed by atoms with Crippen LogP contribution in [0.5, 0.6) is 5.75 Å². The van der Waals surface area contributed by atoms with E-state index in [1.54, 1.807) is 6.07 Å². The van der Waals surface area contributed by atoms with Crippen molar-refractivity contribution in [3.05, 3.63) is 52.7 Å². The SMILES string of the molecule is CCO[Si](CCCOc1ccc2c(=O)cc3oc4cc(N(CC)CC)ccc4nc-3c2c1)(OCC)OCC. The molecular weight excluding hydrogens is 500 g/mol. The van der Waals surface area contributed by atoms with Gasteiger partial charge in [-0.2, -0.15) is 0 Å². The molecule has 38 heavy (non-hydrogen) atoms. The standard InChI is InChI=1S/C29H38N2O6Si/c1-6-31(7-2)21-12-15-25-27(18-21)37-28-20-26(32)23-14-13-22(19-24(23)29(28)30-25)33-16-11-17-38(34-8-3,35-9-4)36-10-5/h12-15,18-20H,6-11,16-17H2,1-5H3. The molecular formula is C29H38N2O6Si. The van der Waals surface area contributed by atoms with Gasteiger partial charge in [-0.05, 0) is 71.4 Å². The van der Waals surface area contributed by atoms with Crippen molar-refractivity contribution < 1.29 is 22.4 Å². The molecule has 0 amide bonds. The third-order valence-corrected chi connectivity index (χ3v) is 9.67. The molecule has 0 atom stereocenters. The van der Waals surface area contributed by atoms with E-state index in [1.807, 2.05) is 45.0 Å². The minimum Gasteiger partial charge on any atom is -0.494 e. The van der Waals surface area contributed by atoms with Crippen molar-refractivity contribution in [1.82, 2.24) is 4.98 Å². The molecule has 0 N–H and O–H groups in total. The summed E-state index contributed by atoms with van der Waals surface area (Å²) in [5.41, 5.74) is 2.99. The summed E-state index contributed by atoms with van der Waals surface area (Å²) >= 11 is 0. The maximum absolute atomic E-state index is 12.9. The van der Waals surface area contributed by atoms with E-state index in [1.165, 1.54) is 6.07 Å². The predicted molar refractivity (Wildman–Crippen MR) is 154 cm³/mol. The van der Waals surface area contributed by atoms with Gasteiger partial charge in [-0.15, -0.1) is 0 Å². The predicted octanol–water partition coefficient (Wildman–Crippen LogP) is 6.11. The fourth-order valence-electron chi connectivity index (χ4n) is 4.80. The molecule has 9 heteroatoms. The lowest BCUT2D eigenvalue weighted by molar-refractivity contribution is 0.0696. The second-order valence-electron chi connectivity index (χ2n) is 8.90. The van der Waals surface area contributed by atoms with Gasteiger partial charge in [-0.3, -0.25) is 4.79 Å². The summed E-state index contributed by atoms with van der Waals surface area (Å²) in [5.74, 6) is 1.13. The van der Waals surface area contributed by atoms with Crippen LogP contribution in [0.1, 0.15) is 41.0 Å². The first-order valence-electron chi connectivity index (χ1n) is 13.6. The Morgan fingerprint density at radius 2 is 1.58 bits per heavy atom. The number of anilines is 1. The maximum Gasteiger partial charge on any atom is 0.501 e. The highest BCUT2D eigenvalue weighted by atomic mass is 28.4. The molecule has 1 heterocycles. The second kappa shape index (κ2) is 12.7. The Labute approximate surface area is 225 Å². The van der Waals surface area contributed by atoms with Crippen molar-refractivity contribution >= 4 is 36.4 Å². The van der Waals surface area contributed by atoms with Crippen LogP contribution in [-0.2, 0) is 13.3 Å². The highest BCUT2D eigenvalue weighted by molar-refractivity contribution is 6.60. The van der Waals surface area contributed by atoms with Gasteiger partial charge in [-0.1, -0.05) is 0 Å². The molecule has 0 saturated carbocycles.